The van der Waals surface area contributed by atoms with Crippen molar-refractivity contribution < 1.29 is 19.5 Å². The molecular weight excluding hydrogens is 427 g/mol. The van der Waals surface area contributed by atoms with E-state index >= 15 is 0 Å². The Labute approximate surface area is 150 Å². The van der Waals surface area contributed by atoms with Crippen molar-refractivity contribution in [2.45, 2.75) is 24.0 Å². The molecule has 1 aromatic rings. The van der Waals surface area contributed by atoms with Gasteiger partial charge in [-0.3, -0.25) is 19.9 Å². The largest absolute Gasteiger partial charge is 0.465 e. The van der Waals surface area contributed by atoms with Crippen LogP contribution in [0.15, 0.2) is 18.2 Å². The van der Waals surface area contributed by atoms with Crippen molar-refractivity contribution in [1.29, 1.82) is 5.26 Å². The number of carboxylic acid groups (broad SMARTS) is 1. The third kappa shape index (κ3) is 1.64. The molecule has 24 heavy (non-hydrogen) atoms. The molecule has 9 heteroatoms. The van der Waals surface area contributed by atoms with E-state index in [1.54, 1.807) is 18.2 Å². The highest BCUT2D eigenvalue weighted by Crippen LogP contribution is 2.52. The van der Waals surface area contributed by atoms with Crippen molar-refractivity contribution in [3.63, 3.8) is 0 Å². The van der Waals surface area contributed by atoms with E-state index in [9.17, 15) is 19.5 Å². The Balaban J connectivity index is 1.93. The van der Waals surface area contributed by atoms with Gasteiger partial charge in [-0.1, -0.05) is 6.07 Å². The number of carbonyl (C=O) groups is 3. The smallest absolute Gasteiger partial charge is 0.407 e. The number of benzene rings is 1. The number of amides is 4. The fourth-order valence-corrected chi connectivity index (χ4v) is 4.84. The Kier molecular flexibility index (Phi) is 3.05. The fraction of sp³-hybridized carbons (Fsp3) is 0.333. The first kappa shape index (κ1) is 15.2. The van der Waals surface area contributed by atoms with E-state index in [2.05, 4.69) is 11.4 Å². The number of nitrogens with zero attached hydrogens (tertiary/aromatic N) is 3. The summed E-state index contributed by atoms with van der Waals surface area (Å²) < 4.78 is 0.652. The monoisotopic (exact) mass is 438 g/mol. The topological polar surface area (TPSA) is 114 Å². The standard InChI is InChI=1S/C15H11IN4O4/c16-10-3-8(2-1-7(10)5-17)15-11-4-9(6-19(11)14(23)24)20(15)13(22)18-12(15)21/h1-3,9,11H,4,6H2,(H,23,24)(H,18,21,22). The second-order valence-corrected chi connectivity index (χ2v) is 7.20. The Bertz CT molecular complexity index is 850. The van der Waals surface area contributed by atoms with Crippen molar-refractivity contribution in [1.82, 2.24) is 15.1 Å². The molecule has 0 spiro atoms. The molecule has 3 heterocycles. The van der Waals surface area contributed by atoms with Crippen LogP contribution in [-0.4, -0.2) is 51.6 Å². The first-order valence-corrected chi connectivity index (χ1v) is 8.33. The molecule has 3 aliphatic rings. The highest BCUT2D eigenvalue weighted by atomic mass is 127. The van der Waals surface area contributed by atoms with Gasteiger partial charge in [0.05, 0.1) is 17.6 Å². The van der Waals surface area contributed by atoms with Gasteiger partial charge in [0.15, 0.2) is 5.54 Å². The van der Waals surface area contributed by atoms with Crippen LogP contribution in [0.2, 0.25) is 0 Å². The van der Waals surface area contributed by atoms with Gasteiger partial charge in [0, 0.05) is 10.1 Å². The maximum atomic E-state index is 12.8. The number of hydrogen-bond donors (Lipinski definition) is 2. The maximum absolute atomic E-state index is 12.8. The van der Waals surface area contributed by atoms with Gasteiger partial charge >= 0.3 is 12.1 Å². The van der Waals surface area contributed by atoms with Crippen LogP contribution < -0.4 is 5.32 Å². The third-order valence-corrected chi connectivity index (χ3v) is 5.96. The van der Waals surface area contributed by atoms with Crippen molar-refractivity contribution in [2.24, 2.45) is 0 Å². The lowest BCUT2D eigenvalue weighted by molar-refractivity contribution is -0.130. The SMILES string of the molecule is N#Cc1ccc(C23C(=O)NC(=O)N2C2CC3N(C(=O)O)C2)cc1I. The number of likely N-dealkylation sites (tertiary alicyclic amines) is 1. The molecular formula is C15H11IN4O4. The van der Waals surface area contributed by atoms with Crippen LogP contribution in [-0.2, 0) is 10.3 Å². The van der Waals surface area contributed by atoms with E-state index in [-0.39, 0.29) is 12.6 Å². The summed E-state index contributed by atoms with van der Waals surface area (Å²) in [6, 6.07) is 5.52. The number of nitrogens with one attached hydrogen (secondary N) is 1. The zero-order valence-electron chi connectivity index (χ0n) is 12.2. The molecule has 1 aromatic carbocycles. The minimum Gasteiger partial charge on any atom is -0.465 e. The van der Waals surface area contributed by atoms with Gasteiger partial charge in [-0.05, 0) is 46.7 Å². The molecule has 2 bridgehead atoms. The maximum Gasteiger partial charge on any atom is 0.407 e. The lowest BCUT2D eigenvalue weighted by atomic mass is 9.82. The Hall–Kier alpha value is -2.35. The normalized spacial score (nSPS) is 30.3. The molecule has 3 unspecified atom stereocenters. The van der Waals surface area contributed by atoms with Crippen LogP contribution in [0.3, 0.4) is 0 Å². The van der Waals surface area contributed by atoms with Gasteiger partial charge in [-0.2, -0.15) is 5.26 Å². The van der Waals surface area contributed by atoms with Crippen LogP contribution in [0.4, 0.5) is 9.59 Å². The number of halogens is 1. The number of nitriles is 1. The van der Waals surface area contributed by atoms with Crippen molar-refractivity contribution in [2.75, 3.05) is 6.54 Å². The van der Waals surface area contributed by atoms with Crippen LogP contribution in [0, 0.1) is 14.9 Å². The summed E-state index contributed by atoms with van der Waals surface area (Å²) in [7, 11) is 0. The molecule has 4 rings (SSSR count). The van der Waals surface area contributed by atoms with Gasteiger partial charge in [-0.15, -0.1) is 0 Å². The first-order valence-electron chi connectivity index (χ1n) is 7.25. The molecule has 4 amide bonds. The summed E-state index contributed by atoms with van der Waals surface area (Å²) in [5.41, 5.74) is -0.357. The minimum atomic E-state index is -1.35. The second kappa shape index (κ2) is 4.83. The third-order valence-electron chi connectivity index (χ3n) is 5.07. The lowest BCUT2D eigenvalue weighted by Crippen LogP contribution is -2.62. The molecule has 0 aromatic heterocycles. The van der Waals surface area contributed by atoms with Crippen LogP contribution in [0.25, 0.3) is 0 Å². The number of urea groups is 1. The molecule has 3 aliphatic heterocycles. The molecule has 2 N–H and O–H groups in total. The number of piperazine rings is 1. The van der Waals surface area contributed by atoms with Gasteiger partial charge in [0.25, 0.3) is 5.91 Å². The molecule has 0 aliphatic carbocycles. The second-order valence-electron chi connectivity index (χ2n) is 6.04. The van der Waals surface area contributed by atoms with Crippen molar-refractivity contribution >= 4 is 40.6 Å². The van der Waals surface area contributed by atoms with E-state index in [1.165, 1.54) is 9.80 Å². The molecule has 0 radical (unpaired) electrons. The highest BCUT2D eigenvalue weighted by Gasteiger charge is 2.71. The van der Waals surface area contributed by atoms with E-state index < -0.39 is 29.6 Å². The number of rotatable bonds is 1. The van der Waals surface area contributed by atoms with Crippen molar-refractivity contribution in [3.8, 4) is 6.07 Å². The summed E-state index contributed by atoms with van der Waals surface area (Å²) in [6.07, 6.45) is -0.667. The zero-order chi connectivity index (χ0) is 17.2. The predicted octanol–water partition coefficient (Wildman–Crippen LogP) is 1.04. The van der Waals surface area contributed by atoms with Gasteiger partial charge in [-0.25, -0.2) is 9.59 Å². The molecule has 3 saturated heterocycles. The summed E-state index contributed by atoms with van der Waals surface area (Å²) in [4.78, 5) is 39.3. The fourth-order valence-electron chi connectivity index (χ4n) is 4.20. The van der Waals surface area contributed by atoms with E-state index in [4.69, 9.17) is 5.26 Å². The number of imide groups is 1. The molecule has 122 valence electrons. The Morgan fingerprint density at radius 3 is 2.83 bits per heavy atom. The quantitative estimate of drug-likeness (QED) is 0.503. The zero-order valence-corrected chi connectivity index (χ0v) is 14.4. The average Bonchev–Trinajstić information content (AvgIpc) is 3.17. The molecule has 8 nitrogen and oxygen atoms in total. The number of hydrogen-bond acceptors (Lipinski definition) is 4. The number of carbonyl (C=O) groups excluding carboxylic acids is 2. The predicted molar refractivity (Wildman–Crippen MR) is 87.9 cm³/mol. The van der Waals surface area contributed by atoms with Crippen LogP contribution in [0.5, 0.6) is 0 Å². The van der Waals surface area contributed by atoms with E-state index in [0.717, 1.165) is 0 Å². The summed E-state index contributed by atoms with van der Waals surface area (Å²) in [5, 5.41) is 20.9. The van der Waals surface area contributed by atoms with Crippen LogP contribution >= 0.6 is 22.6 Å². The number of fused-ring (bicyclic) bond motifs is 5. The highest BCUT2D eigenvalue weighted by molar-refractivity contribution is 14.1. The summed E-state index contributed by atoms with van der Waals surface area (Å²) in [6.45, 7) is 0.204. The van der Waals surface area contributed by atoms with Gasteiger partial charge < -0.3 is 5.11 Å². The lowest BCUT2D eigenvalue weighted by Gasteiger charge is -2.43. The average molecular weight is 438 g/mol. The molecule has 3 fully saturated rings. The van der Waals surface area contributed by atoms with Gasteiger partial charge in [0.1, 0.15) is 6.07 Å². The van der Waals surface area contributed by atoms with Crippen LogP contribution in [0.1, 0.15) is 17.5 Å². The summed E-state index contributed by atoms with van der Waals surface area (Å²) in [5.74, 6) is -0.508. The minimum absolute atomic E-state index is 0.204. The van der Waals surface area contributed by atoms with E-state index in [0.29, 0.717) is 21.1 Å². The van der Waals surface area contributed by atoms with Crippen molar-refractivity contribution in [3.05, 3.63) is 32.9 Å². The van der Waals surface area contributed by atoms with Gasteiger partial charge in [0.2, 0.25) is 0 Å². The molecule has 3 atom stereocenters. The van der Waals surface area contributed by atoms with E-state index in [1.807, 2.05) is 22.6 Å². The Morgan fingerprint density at radius 2 is 2.21 bits per heavy atom. The summed E-state index contributed by atoms with van der Waals surface area (Å²) >= 11 is 2.00. The molecule has 0 saturated carbocycles. The Morgan fingerprint density at radius 1 is 1.46 bits per heavy atom. The first-order chi connectivity index (χ1) is 11.4.